The van der Waals surface area contributed by atoms with Gasteiger partial charge in [-0.3, -0.25) is 4.79 Å². The Morgan fingerprint density at radius 2 is 2.39 bits per heavy atom. The molecule has 0 bridgehead atoms. The van der Waals surface area contributed by atoms with Crippen LogP contribution in [0.15, 0.2) is 17.5 Å². The minimum Gasteiger partial charge on any atom is -0.387 e. The fourth-order valence-electron chi connectivity index (χ4n) is 1.34. The lowest BCUT2D eigenvalue weighted by Crippen LogP contribution is -2.43. The lowest BCUT2D eigenvalue weighted by atomic mass is 10.1. The van der Waals surface area contributed by atoms with E-state index < -0.39 is 5.60 Å². The normalized spacial score (nSPS) is 14.2. The Labute approximate surface area is 121 Å². The number of thiophene rings is 1. The first-order valence-electron chi connectivity index (χ1n) is 5.61. The highest BCUT2D eigenvalue weighted by molar-refractivity contribution is 7.99. The number of carbonyl (C=O) groups is 1. The van der Waals surface area contributed by atoms with Crippen molar-refractivity contribution in [2.45, 2.75) is 18.3 Å². The van der Waals surface area contributed by atoms with Crippen LogP contribution in [-0.2, 0) is 10.5 Å². The summed E-state index contributed by atoms with van der Waals surface area (Å²) in [5.74, 6) is 1.91. The predicted octanol–water partition coefficient (Wildman–Crippen LogP) is 2.21. The summed E-state index contributed by atoms with van der Waals surface area (Å²) in [6, 6.07) is 4.08. The lowest BCUT2D eigenvalue weighted by Gasteiger charge is -2.22. The highest BCUT2D eigenvalue weighted by Crippen LogP contribution is 2.16. The zero-order valence-electron chi connectivity index (χ0n) is 10.6. The summed E-state index contributed by atoms with van der Waals surface area (Å²) in [5.41, 5.74) is -0.826. The minimum atomic E-state index is -0.826. The van der Waals surface area contributed by atoms with Crippen LogP contribution in [0.2, 0.25) is 0 Å². The molecule has 1 aromatic heterocycles. The highest BCUT2D eigenvalue weighted by atomic mass is 32.2. The van der Waals surface area contributed by atoms with Crippen molar-refractivity contribution in [3.63, 3.8) is 0 Å². The monoisotopic (exact) mass is 305 g/mol. The molecule has 2 N–H and O–H groups in total. The third kappa shape index (κ3) is 6.68. The Bertz CT molecular complexity index is 352. The van der Waals surface area contributed by atoms with Crippen molar-refractivity contribution in [1.82, 2.24) is 5.32 Å². The molecule has 0 aliphatic carbocycles. The van der Waals surface area contributed by atoms with Gasteiger partial charge in [0.25, 0.3) is 0 Å². The first kappa shape index (κ1) is 15.9. The molecule has 0 aromatic carbocycles. The first-order chi connectivity index (χ1) is 8.53. The maximum Gasteiger partial charge on any atom is 0.230 e. The van der Waals surface area contributed by atoms with Gasteiger partial charge in [0.05, 0.1) is 11.4 Å². The van der Waals surface area contributed by atoms with Crippen molar-refractivity contribution in [1.29, 1.82) is 0 Å². The Morgan fingerprint density at radius 1 is 1.61 bits per heavy atom. The van der Waals surface area contributed by atoms with Gasteiger partial charge in [0.15, 0.2) is 0 Å². The van der Waals surface area contributed by atoms with E-state index >= 15 is 0 Å². The molecule has 6 heteroatoms. The Kier molecular flexibility index (Phi) is 7.14. The molecular weight excluding hydrogens is 286 g/mol. The van der Waals surface area contributed by atoms with Gasteiger partial charge in [-0.2, -0.15) is 11.8 Å². The summed E-state index contributed by atoms with van der Waals surface area (Å²) < 4.78 is 0. The number of aliphatic hydroxyl groups is 1. The molecule has 1 unspecified atom stereocenters. The van der Waals surface area contributed by atoms with Crippen molar-refractivity contribution in [2.24, 2.45) is 0 Å². The van der Waals surface area contributed by atoms with E-state index in [0.29, 0.717) is 18.1 Å². The summed E-state index contributed by atoms with van der Waals surface area (Å²) in [5, 5.41) is 14.7. The van der Waals surface area contributed by atoms with Crippen molar-refractivity contribution in [2.75, 3.05) is 24.3 Å². The maximum absolute atomic E-state index is 11.6. The number of amides is 1. The number of hydrogen-bond acceptors (Lipinski definition) is 5. The molecule has 3 nitrogen and oxygen atoms in total. The van der Waals surface area contributed by atoms with Crippen LogP contribution >= 0.6 is 34.9 Å². The Hall–Kier alpha value is -0.170. The van der Waals surface area contributed by atoms with E-state index in [-0.39, 0.29) is 5.91 Å². The van der Waals surface area contributed by atoms with E-state index in [0.717, 1.165) is 5.75 Å². The smallest absolute Gasteiger partial charge is 0.230 e. The van der Waals surface area contributed by atoms with Crippen LogP contribution in [-0.4, -0.2) is 40.9 Å². The third-order valence-electron chi connectivity index (χ3n) is 2.18. The molecule has 1 aromatic rings. The van der Waals surface area contributed by atoms with Gasteiger partial charge in [0.2, 0.25) is 5.91 Å². The molecule has 0 spiro atoms. The Morgan fingerprint density at radius 3 is 3.00 bits per heavy atom. The molecule has 0 saturated heterocycles. The molecule has 0 radical (unpaired) electrons. The summed E-state index contributed by atoms with van der Waals surface area (Å²) in [7, 11) is 0. The quantitative estimate of drug-likeness (QED) is 0.773. The lowest BCUT2D eigenvalue weighted by molar-refractivity contribution is -0.119. The topological polar surface area (TPSA) is 49.3 Å². The molecule has 0 aliphatic heterocycles. The molecule has 1 amide bonds. The fourth-order valence-corrected chi connectivity index (χ4v) is 3.76. The van der Waals surface area contributed by atoms with Gasteiger partial charge >= 0.3 is 0 Å². The van der Waals surface area contributed by atoms with E-state index in [9.17, 15) is 9.90 Å². The zero-order chi connectivity index (χ0) is 13.4. The fraction of sp³-hybridized carbons (Fsp3) is 0.583. The zero-order valence-corrected chi connectivity index (χ0v) is 13.1. The van der Waals surface area contributed by atoms with Crippen LogP contribution in [0, 0.1) is 0 Å². The first-order valence-corrected chi connectivity index (χ1v) is 9.04. The van der Waals surface area contributed by atoms with Crippen LogP contribution in [0.3, 0.4) is 0 Å². The average molecular weight is 305 g/mol. The number of carbonyl (C=O) groups excluding carboxylic acids is 1. The molecule has 1 atom stereocenters. The molecule has 1 rings (SSSR count). The standard InChI is InChI=1S/C12H19NO2S3/c1-12(15,9-16-2)8-13-11(14)7-17-6-10-4-3-5-18-10/h3-5,15H,6-9H2,1-2H3,(H,13,14). The van der Waals surface area contributed by atoms with Crippen molar-refractivity contribution >= 4 is 40.8 Å². The molecular formula is C12H19NO2S3. The Balaban J connectivity index is 2.14. The minimum absolute atomic E-state index is 0.0158. The largest absolute Gasteiger partial charge is 0.387 e. The van der Waals surface area contributed by atoms with Gasteiger partial charge in [-0.05, 0) is 24.6 Å². The molecule has 0 aliphatic rings. The van der Waals surface area contributed by atoms with Crippen LogP contribution in [0.4, 0.5) is 0 Å². The van der Waals surface area contributed by atoms with Gasteiger partial charge < -0.3 is 10.4 Å². The average Bonchev–Trinajstić information content (AvgIpc) is 2.79. The number of rotatable bonds is 8. The van der Waals surface area contributed by atoms with E-state index in [1.54, 1.807) is 41.8 Å². The van der Waals surface area contributed by atoms with E-state index in [2.05, 4.69) is 11.4 Å². The van der Waals surface area contributed by atoms with Gasteiger partial charge in [-0.25, -0.2) is 0 Å². The van der Waals surface area contributed by atoms with Crippen LogP contribution < -0.4 is 5.32 Å². The second-order valence-corrected chi connectivity index (χ2v) is 7.16. The SMILES string of the molecule is CSCC(C)(O)CNC(=O)CSCc1cccs1. The summed E-state index contributed by atoms with van der Waals surface area (Å²) >= 11 is 4.87. The van der Waals surface area contributed by atoms with Crippen LogP contribution in [0.5, 0.6) is 0 Å². The van der Waals surface area contributed by atoms with E-state index in [1.807, 2.05) is 17.7 Å². The molecule has 0 fully saturated rings. The third-order valence-corrected chi connectivity index (χ3v) is 5.13. The van der Waals surface area contributed by atoms with Gasteiger partial charge in [-0.1, -0.05) is 6.07 Å². The van der Waals surface area contributed by atoms with Gasteiger partial charge in [0, 0.05) is 22.9 Å². The van der Waals surface area contributed by atoms with Gasteiger partial charge in [-0.15, -0.1) is 23.1 Å². The summed E-state index contributed by atoms with van der Waals surface area (Å²) in [6.07, 6.45) is 1.94. The van der Waals surface area contributed by atoms with Gasteiger partial charge in [0.1, 0.15) is 0 Å². The van der Waals surface area contributed by atoms with E-state index in [4.69, 9.17) is 0 Å². The van der Waals surface area contributed by atoms with Crippen molar-refractivity contribution in [3.8, 4) is 0 Å². The summed E-state index contributed by atoms with van der Waals surface area (Å²) in [6.45, 7) is 2.05. The predicted molar refractivity (Wildman–Crippen MR) is 82.5 cm³/mol. The molecule has 1 heterocycles. The van der Waals surface area contributed by atoms with Crippen molar-refractivity contribution < 1.29 is 9.90 Å². The van der Waals surface area contributed by atoms with Crippen molar-refractivity contribution in [3.05, 3.63) is 22.4 Å². The van der Waals surface area contributed by atoms with Crippen LogP contribution in [0.1, 0.15) is 11.8 Å². The highest BCUT2D eigenvalue weighted by Gasteiger charge is 2.20. The van der Waals surface area contributed by atoms with Crippen LogP contribution in [0.25, 0.3) is 0 Å². The maximum atomic E-state index is 11.6. The number of hydrogen-bond donors (Lipinski definition) is 2. The number of nitrogens with one attached hydrogen (secondary N) is 1. The second kappa shape index (κ2) is 8.09. The molecule has 18 heavy (non-hydrogen) atoms. The number of thioether (sulfide) groups is 2. The second-order valence-electron chi connectivity index (χ2n) is 4.28. The van der Waals surface area contributed by atoms with E-state index in [1.165, 1.54) is 4.88 Å². The molecule has 0 saturated carbocycles. The molecule has 102 valence electrons. The summed E-state index contributed by atoms with van der Waals surface area (Å²) in [4.78, 5) is 12.9.